The van der Waals surface area contributed by atoms with Gasteiger partial charge in [-0.2, -0.15) is 0 Å². The summed E-state index contributed by atoms with van der Waals surface area (Å²) in [6.07, 6.45) is -4.20. The molecule has 0 aliphatic carbocycles. The Morgan fingerprint density at radius 3 is 1.71 bits per heavy atom. The second-order valence-corrected chi connectivity index (χ2v) is 11.8. The number of carbonyl (C=O) groups excluding carboxylic acids is 1. The van der Waals surface area contributed by atoms with Gasteiger partial charge >= 0.3 is 0 Å². The summed E-state index contributed by atoms with van der Waals surface area (Å²) in [5.74, 6) is -3.80. The van der Waals surface area contributed by atoms with Gasteiger partial charge in [-0.15, -0.1) is 0 Å². The van der Waals surface area contributed by atoms with Crippen molar-refractivity contribution in [1.82, 2.24) is 0 Å². The Labute approximate surface area is 201 Å². The quantitative estimate of drug-likeness (QED) is 0.596. The highest BCUT2D eigenvalue weighted by Crippen LogP contribution is 2.42. The summed E-state index contributed by atoms with van der Waals surface area (Å²) in [5, 5.41) is 11.5. The Balaban J connectivity index is 1.50. The molecule has 4 rings (SSSR count). The highest BCUT2D eigenvalue weighted by atomic mass is 16.8. The van der Waals surface area contributed by atoms with Crippen molar-refractivity contribution >= 4 is 5.78 Å². The lowest BCUT2D eigenvalue weighted by molar-refractivity contribution is -0.178. The molecule has 4 aliphatic heterocycles. The Bertz CT molecular complexity index is 789. The molecule has 0 bridgehead atoms. The van der Waals surface area contributed by atoms with E-state index >= 15 is 0 Å². The van der Waals surface area contributed by atoms with Gasteiger partial charge in [-0.3, -0.25) is 4.79 Å². The van der Waals surface area contributed by atoms with Crippen LogP contribution in [0.3, 0.4) is 0 Å². The molecule has 4 aliphatic rings. The standard InChI is InChI=1S/C24H40O10/c1-20(2)27-11-14(29-20)17-16(31-22(5,6)32-17)13(25)10-24(9,26)19-18(33-23(7,8)34-19)15-12-28-21(3,4)30-15/h14-19,26H,10-12H2,1-9H3/t14-,15-,16-,17-,18-,19-,24-/m0/s1. The molecule has 0 spiro atoms. The molecule has 196 valence electrons. The molecule has 7 atom stereocenters. The monoisotopic (exact) mass is 488 g/mol. The van der Waals surface area contributed by atoms with E-state index in [0.717, 1.165) is 0 Å². The maximum Gasteiger partial charge on any atom is 0.167 e. The van der Waals surface area contributed by atoms with Crippen LogP contribution >= 0.6 is 0 Å². The van der Waals surface area contributed by atoms with Crippen molar-refractivity contribution in [1.29, 1.82) is 0 Å². The van der Waals surface area contributed by atoms with Crippen molar-refractivity contribution in [2.24, 2.45) is 0 Å². The molecule has 0 aromatic heterocycles. The van der Waals surface area contributed by atoms with Crippen LogP contribution in [0.2, 0.25) is 0 Å². The lowest BCUT2D eigenvalue weighted by Gasteiger charge is -2.34. The van der Waals surface area contributed by atoms with Crippen molar-refractivity contribution in [3.8, 4) is 0 Å². The summed E-state index contributed by atoms with van der Waals surface area (Å²) in [5.41, 5.74) is -1.57. The first-order valence-electron chi connectivity index (χ1n) is 12.0. The molecule has 0 saturated carbocycles. The van der Waals surface area contributed by atoms with E-state index in [-0.39, 0.29) is 18.8 Å². The van der Waals surface area contributed by atoms with Crippen LogP contribution in [-0.4, -0.2) is 89.5 Å². The van der Waals surface area contributed by atoms with Crippen molar-refractivity contribution in [3.05, 3.63) is 0 Å². The Morgan fingerprint density at radius 1 is 0.735 bits per heavy atom. The summed E-state index contributed by atoms with van der Waals surface area (Å²) in [6.45, 7) is 16.4. The third kappa shape index (κ3) is 5.50. The lowest BCUT2D eigenvalue weighted by atomic mass is 9.85. The molecule has 10 nitrogen and oxygen atoms in total. The Morgan fingerprint density at radius 2 is 1.21 bits per heavy atom. The van der Waals surface area contributed by atoms with Crippen molar-refractivity contribution in [2.75, 3.05) is 13.2 Å². The highest BCUT2D eigenvalue weighted by Gasteiger charge is 2.58. The second-order valence-electron chi connectivity index (χ2n) is 11.8. The topological polar surface area (TPSA) is 111 Å². The van der Waals surface area contributed by atoms with Gasteiger partial charge < -0.3 is 43.0 Å². The zero-order chi connectivity index (χ0) is 25.3. The highest BCUT2D eigenvalue weighted by molar-refractivity contribution is 5.85. The van der Waals surface area contributed by atoms with Gasteiger partial charge in [0.05, 0.1) is 18.8 Å². The molecular weight excluding hydrogens is 448 g/mol. The van der Waals surface area contributed by atoms with E-state index in [1.165, 1.54) is 0 Å². The summed E-state index contributed by atoms with van der Waals surface area (Å²) in [7, 11) is 0. The zero-order valence-electron chi connectivity index (χ0n) is 21.7. The molecule has 4 heterocycles. The number of Topliss-reactive ketones (excluding diaryl/α,β-unsaturated/α-hetero) is 1. The molecular formula is C24H40O10. The molecule has 0 radical (unpaired) electrons. The van der Waals surface area contributed by atoms with Crippen molar-refractivity contribution < 1.29 is 47.8 Å². The van der Waals surface area contributed by atoms with E-state index in [0.29, 0.717) is 6.61 Å². The van der Waals surface area contributed by atoms with Gasteiger partial charge in [0.25, 0.3) is 0 Å². The summed E-state index contributed by atoms with van der Waals surface area (Å²) in [4.78, 5) is 13.5. The predicted molar refractivity (Wildman–Crippen MR) is 118 cm³/mol. The first-order chi connectivity index (χ1) is 15.4. The van der Waals surface area contributed by atoms with Crippen molar-refractivity contribution in [3.63, 3.8) is 0 Å². The number of hydrogen-bond donors (Lipinski definition) is 1. The maximum absolute atomic E-state index is 13.5. The average Bonchev–Trinajstić information content (AvgIpc) is 3.38. The molecule has 0 aromatic rings. The van der Waals surface area contributed by atoms with E-state index in [9.17, 15) is 9.90 Å². The SMILES string of the molecule is CC1(C)OC[C@@H]([C@@H]2OC(C)(C)O[C@H]2C(=O)C[C@](C)(O)[C@H]2OC(C)(C)O[C@H]2[C@@H]2COC(C)(C)O2)O1. The predicted octanol–water partition coefficient (Wildman–Crippen LogP) is 2.04. The molecule has 4 saturated heterocycles. The first-order valence-corrected chi connectivity index (χ1v) is 12.0. The fourth-order valence-corrected chi connectivity index (χ4v) is 5.16. The minimum atomic E-state index is -1.57. The van der Waals surface area contributed by atoms with E-state index in [1.807, 2.05) is 27.7 Å². The van der Waals surface area contributed by atoms with Crippen molar-refractivity contribution in [2.45, 2.75) is 134 Å². The van der Waals surface area contributed by atoms with Crippen LogP contribution in [0, 0.1) is 0 Å². The van der Waals surface area contributed by atoms with Gasteiger partial charge in [0.1, 0.15) is 36.6 Å². The fourth-order valence-electron chi connectivity index (χ4n) is 5.16. The summed E-state index contributed by atoms with van der Waals surface area (Å²) >= 11 is 0. The lowest BCUT2D eigenvalue weighted by Crippen LogP contribution is -2.53. The number of hydrogen-bond acceptors (Lipinski definition) is 10. The minimum absolute atomic E-state index is 0.234. The van der Waals surface area contributed by atoms with E-state index in [1.54, 1.807) is 34.6 Å². The third-order valence-corrected chi connectivity index (χ3v) is 6.51. The normalized spacial score (nSPS) is 42.1. The van der Waals surface area contributed by atoms with Crippen LogP contribution < -0.4 is 0 Å². The van der Waals surface area contributed by atoms with E-state index in [4.69, 9.17) is 37.9 Å². The largest absolute Gasteiger partial charge is 0.387 e. The van der Waals surface area contributed by atoms with Crippen LogP contribution in [0.5, 0.6) is 0 Å². The van der Waals surface area contributed by atoms with Crippen LogP contribution in [0.15, 0.2) is 0 Å². The smallest absolute Gasteiger partial charge is 0.167 e. The molecule has 0 amide bonds. The summed E-state index contributed by atoms with van der Waals surface area (Å²) < 4.78 is 47.5. The van der Waals surface area contributed by atoms with Gasteiger partial charge in [0.15, 0.2) is 28.9 Å². The van der Waals surface area contributed by atoms with Gasteiger partial charge in [0, 0.05) is 6.42 Å². The number of ketones is 1. The fraction of sp³-hybridized carbons (Fsp3) is 0.958. The Kier molecular flexibility index (Phi) is 6.54. The van der Waals surface area contributed by atoms with Gasteiger partial charge in [0.2, 0.25) is 0 Å². The van der Waals surface area contributed by atoms with Crippen LogP contribution in [-0.2, 0) is 42.7 Å². The molecule has 1 N–H and O–H groups in total. The van der Waals surface area contributed by atoms with Gasteiger partial charge in [-0.1, -0.05) is 0 Å². The maximum atomic E-state index is 13.5. The number of aliphatic hydroxyl groups is 1. The molecule has 34 heavy (non-hydrogen) atoms. The van der Waals surface area contributed by atoms with E-state index in [2.05, 4.69) is 0 Å². The average molecular weight is 489 g/mol. The third-order valence-electron chi connectivity index (χ3n) is 6.51. The molecule has 0 aromatic carbocycles. The molecule has 4 fully saturated rings. The van der Waals surface area contributed by atoms with Crippen LogP contribution in [0.4, 0.5) is 0 Å². The van der Waals surface area contributed by atoms with Crippen LogP contribution in [0.25, 0.3) is 0 Å². The molecule has 10 heteroatoms. The number of rotatable bonds is 6. The zero-order valence-corrected chi connectivity index (χ0v) is 21.7. The minimum Gasteiger partial charge on any atom is -0.387 e. The first kappa shape index (κ1) is 26.4. The number of ether oxygens (including phenoxy) is 8. The van der Waals surface area contributed by atoms with Crippen LogP contribution in [0.1, 0.15) is 68.7 Å². The Hall–Kier alpha value is -0.690. The second kappa shape index (κ2) is 8.43. The molecule has 0 unspecified atom stereocenters. The van der Waals surface area contributed by atoms with E-state index < -0.39 is 65.4 Å². The number of carbonyl (C=O) groups is 1. The van der Waals surface area contributed by atoms with Gasteiger partial charge in [-0.05, 0) is 62.3 Å². The van der Waals surface area contributed by atoms with Gasteiger partial charge in [-0.25, -0.2) is 0 Å². The summed E-state index contributed by atoms with van der Waals surface area (Å²) in [6, 6.07) is 0.